The van der Waals surface area contributed by atoms with E-state index in [0.29, 0.717) is 11.3 Å². The second kappa shape index (κ2) is 8.02. The molecular formula is C20H22FN5O3S. The summed E-state index contributed by atoms with van der Waals surface area (Å²) in [5.74, 6) is -0.324. The molecule has 2 atom stereocenters. The molecule has 1 aliphatic carbocycles. The van der Waals surface area contributed by atoms with E-state index >= 15 is 0 Å². The highest BCUT2D eigenvalue weighted by Gasteiger charge is 2.33. The van der Waals surface area contributed by atoms with Gasteiger partial charge in [-0.3, -0.25) is 9.40 Å². The molecule has 4 rings (SSSR count). The zero-order valence-corrected chi connectivity index (χ0v) is 17.4. The number of hydrogen-bond acceptors (Lipinski definition) is 6. The minimum atomic E-state index is -4.14. The number of sulfonamides is 1. The van der Waals surface area contributed by atoms with E-state index in [1.165, 1.54) is 24.7 Å². The summed E-state index contributed by atoms with van der Waals surface area (Å²) < 4.78 is 50.3. The fraction of sp³-hybridized carbons (Fsp3) is 0.350. The number of rotatable bonds is 6. The summed E-state index contributed by atoms with van der Waals surface area (Å²) in [7, 11) is -2.26. The van der Waals surface area contributed by atoms with Crippen molar-refractivity contribution in [2.45, 2.75) is 43.1 Å². The molecule has 8 nitrogen and oxygen atoms in total. The Bertz CT molecular complexity index is 1150. The zero-order valence-electron chi connectivity index (χ0n) is 16.6. The van der Waals surface area contributed by atoms with Crippen LogP contribution >= 0.6 is 0 Å². The third kappa shape index (κ3) is 4.00. The van der Waals surface area contributed by atoms with Crippen LogP contribution in [0.4, 0.5) is 10.2 Å². The number of nitrogens with one attached hydrogen (secondary N) is 1. The average molecular weight is 431 g/mol. The van der Waals surface area contributed by atoms with Crippen LogP contribution in [0.3, 0.4) is 0 Å². The highest BCUT2D eigenvalue weighted by Crippen LogP contribution is 2.38. The smallest absolute Gasteiger partial charge is 0.265 e. The van der Waals surface area contributed by atoms with E-state index in [1.54, 1.807) is 13.1 Å². The Morgan fingerprint density at radius 2 is 2.07 bits per heavy atom. The van der Waals surface area contributed by atoms with Gasteiger partial charge in [0.05, 0.1) is 0 Å². The minimum Gasteiger partial charge on any atom is -0.489 e. The number of nitrogens with zero attached hydrogens (tertiary/aromatic N) is 4. The second-order valence-corrected chi connectivity index (χ2v) is 8.97. The first-order valence-corrected chi connectivity index (χ1v) is 11.1. The molecule has 0 aliphatic heterocycles. The van der Waals surface area contributed by atoms with Gasteiger partial charge in [0.15, 0.2) is 0 Å². The Morgan fingerprint density at radius 3 is 2.77 bits per heavy atom. The van der Waals surface area contributed by atoms with Gasteiger partial charge >= 0.3 is 0 Å². The predicted octanol–water partition coefficient (Wildman–Crippen LogP) is 3.17. The quantitative estimate of drug-likeness (QED) is 0.644. The van der Waals surface area contributed by atoms with Gasteiger partial charge in [-0.25, -0.2) is 22.8 Å². The van der Waals surface area contributed by atoms with Gasteiger partial charge in [0.25, 0.3) is 10.0 Å². The van der Waals surface area contributed by atoms with Crippen molar-refractivity contribution in [1.29, 1.82) is 0 Å². The van der Waals surface area contributed by atoms with E-state index in [-0.39, 0.29) is 17.8 Å². The maximum Gasteiger partial charge on any atom is 0.265 e. The SMILES string of the molecule is Cc1cc(S(=O)(=O)Nc2ccncn2)c(F)cc1O[C@H]1CCC[C@@H]1c1ccnn1C. The van der Waals surface area contributed by atoms with Gasteiger partial charge in [0, 0.05) is 37.1 Å². The largest absolute Gasteiger partial charge is 0.489 e. The van der Waals surface area contributed by atoms with E-state index in [1.807, 2.05) is 17.8 Å². The van der Waals surface area contributed by atoms with Crippen molar-refractivity contribution < 1.29 is 17.5 Å². The van der Waals surface area contributed by atoms with Gasteiger partial charge in [-0.1, -0.05) is 0 Å². The van der Waals surface area contributed by atoms with Gasteiger partial charge in [-0.15, -0.1) is 0 Å². The first-order valence-electron chi connectivity index (χ1n) is 9.58. The van der Waals surface area contributed by atoms with Gasteiger partial charge in [0.1, 0.15) is 34.7 Å². The topological polar surface area (TPSA) is 99.0 Å². The molecule has 0 saturated heterocycles. The Balaban J connectivity index is 1.58. The molecule has 1 aromatic carbocycles. The molecule has 2 aromatic heterocycles. The van der Waals surface area contributed by atoms with Crippen molar-refractivity contribution >= 4 is 15.8 Å². The fourth-order valence-electron chi connectivity index (χ4n) is 3.83. The molecule has 0 bridgehead atoms. The lowest BCUT2D eigenvalue weighted by Gasteiger charge is -2.23. The lowest BCUT2D eigenvalue weighted by atomic mass is 10.0. The second-order valence-electron chi connectivity index (χ2n) is 7.32. The Hall–Kier alpha value is -3.01. The van der Waals surface area contributed by atoms with Crippen molar-refractivity contribution in [3.63, 3.8) is 0 Å². The van der Waals surface area contributed by atoms with E-state index in [4.69, 9.17) is 4.74 Å². The molecule has 1 aliphatic rings. The molecule has 0 spiro atoms. The highest BCUT2D eigenvalue weighted by atomic mass is 32.2. The maximum absolute atomic E-state index is 14.8. The summed E-state index contributed by atoms with van der Waals surface area (Å²) in [5.41, 5.74) is 1.61. The summed E-state index contributed by atoms with van der Waals surface area (Å²) in [6.07, 6.45) is 7.02. The van der Waals surface area contributed by atoms with E-state index < -0.39 is 20.7 Å². The number of ether oxygens (including phenoxy) is 1. The third-order valence-corrected chi connectivity index (χ3v) is 6.68. The lowest BCUT2D eigenvalue weighted by Crippen LogP contribution is -2.22. The number of halogens is 1. The fourth-order valence-corrected chi connectivity index (χ4v) is 4.98. The number of hydrogen-bond donors (Lipinski definition) is 1. The number of benzene rings is 1. The Labute approximate surface area is 174 Å². The molecule has 0 unspecified atom stereocenters. The van der Waals surface area contributed by atoms with Crippen LogP contribution in [0.5, 0.6) is 5.75 Å². The molecule has 1 N–H and O–H groups in total. The summed E-state index contributed by atoms with van der Waals surface area (Å²) >= 11 is 0. The molecular weight excluding hydrogens is 409 g/mol. The Morgan fingerprint density at radius 1 is 1.23 bits per heavy atom. The van der Waals surface area contributed by atoms with Gasteiger partial charge < -0.3 is 4.74 Å². The molecule has 1 fully saturated rings. The van der Waals surface area contributed by atoms with E-state index in [0.717, 1.165) is 31.0 Å². The Kier molecular flexibility index (Phi) is 5.42. The maximum atomic E-state index is 14.8. The summed E-state index contributed by atoms with van der Waals surface area (Å²) in [5, 5.41) is 4.23. The molecule has 158 valence electrons. The molecule has 1 saturated carbocycles. The van der Waals surface area contributed by atoms with Crippen LogP contribution in [-0.4, -0.2) is 34.3 Å². The van der Waals surface area contributed by atoms with Crippen LogP contribution in [0.15, 0.2) is 47.9 Å². The van der Waals surface area contributed by atoms with Gasteiger partial charge in [-0.05, 0) is 49.9 Å². The minimum absolute atomic E-state index is 0.0624. The van der Waals surface area contributed by atoms with Gasteiger partial charge in [-0.2, -0.15) is 5.10 Å². The van der Waals surface area contributed by atoms with Crippen LogP contribution in [0, 0.1) is 12.7 Å². The van der Waals surface area contributed by atoms with E-state index in [9.17, 15) is 12.8 Å². The molecule has 3 aromatic rings. The first kappa shape index (κ1) is 20.3. The van der Waals surface area contributed by atoms with E-state index in [2.05, 4.69) is 19.8 Å². The molecule has 30 heavy (non-hydrogen) atoms. The molecule has 2 heterocycles. The zero-order chi connectivity index (χ0) is 21.3. The standard InChI is InChI=1S/C20H22FN5O3S/c1-13-10-19(30(27,28)25-20-7-8-22-12-23-20)15(21)11-18(13)29-17-5-3-4-14(17)16-6-9-24-26(16)2/h6-12,14,17H,3-5H2,1-2H3,(H,22,23,25)/t14-,17+/m1/s1. The normalized spacial score (nSPS) is 19.0. The molecule has 0 radical (unpaired) electrons. The summed E-state index contributed by atoms with van der Waals surface area (Å²) in [4.78, 5) is 7.08. The number of aromatic nitrogens is 4. The molecule has 10 heteroatoms. The van der Waals surface area contributed by atoms with Crippen molar-refractivity contribution in [2.75, 3.05) is 4.72 Å². The van der Waals surface area contributed by atoms with Crippen LogP contribution < -0.4 is 9.46 Å². The van der Waals surface area contributed by atoms with Crippen LogP contribution in [0.25, 0.3) is 0 Å². The number of aryl methyl sites for hydroxylation is 2. The van der Waals surface area contributed by atoms with Crippen LogP contribution in [0.1, 0.15) is 36.4 Å². The van der Waals surface area contributed by atoms with Gasteiger partial charge in [0.2, 0.25) is 0 Å². The lowest BCUT2D eigenvalue weighted by molar-refractivity contribution is 0.185. The first-order chi connectivity index (χ1) is 14.3. The van der Waals surface area contributed by atoms with Crippen molar-refractivity contribution in [3.05, 3.63) is 60.1 Å². The van der Waals surface area contributed by atoms with Crippen molar-refractivity contribution in [1.82, 2.24) is 19.7 Å². The highest BCUT2D eigenvalue weighted by molar-refractivity contribution is 7.92. The average Bonchev–Trinajstić information content (AvgIpc) is 3.33. The number of anilines is 1. The summed E-state index contributed by atoms with van der Waals surface area (Å²) in [6, 6.07) is 5.78. The monoisotopic (exact) mass is 431 g/mol. The van der Waals surface area contributed by atoms with Crippen LogP contribution in [0.2, 0.25) is 0 Å². The van der Waals surface area contributed by atoms with Crippen LogP contribution in [-0.2, 0) is 17.1 Å². The molecule has 0 amide bonds. The predicted molar refractivity (Wildman–Crippen MR) is 108 cm³/mol. The third-order valence-electron chi connectivity index (χ3n) is 5.31. The summed E-state index contributed by atoms with van der Waals surface area (Å²) in [6.45, 7) is 1.70. The van der Waals surface area contributed by atoms with Crippen molar-refractivity contribution in [3.8, 4) is 5.75 Å². The van der Waals surface area contributed by atoms with Crippen molar-refractivity contribution in [2.24, 2.45) is 7.05 Å².